The number of carbonyl (C=O) groups is 1. The van der Waals surface area contributed by atoms with Crippen molar-refractivity contribution < 1.29 is 18.3 Å². The molecule has 0 saturated carbocycles. The minimum absolute atomic E-state index is 0.0426. The fraction of sp³-hybridized carbons (Fsp3) is 0.889. The Morgan fingerprint density at radius 3 is 2.64 bits per heavy atom. The third-order valence-corrected chi connectivity index (χ3v) is 4.50. The van der Waals surface area contributed by atoms with Crippen molar-refractivity contribution in [3.8, 4) is 0 Å². The second kappa shape index (κ2) is 4.29. The van der Waals surface area contributed by atoms with Crippen molar-refractivity contribution in [2.24, 2.45) is 11.8 Å². The van der Waals surface area contributed by atoms with E-state index in [1.807, 2.05) is 6.92 Å². The molecule has 1 fully saturated rings. The van der Waals surface area contributed by atoms with Gasteiger partial charge in [0, 0.05) is 0 Å². The number of carboxylic acids is 1. The van der Waals surface area contributed by atoms with Crippen LogP contribution in [0.4, 0.5) is 0 Å². The predicted molar refractivity (Wildman–Crippen MR) is 52.8 cm³/mol. The van der Waals surface area contributed by atoms with Crippen LogP contribution in [-0.4, -0.2) is 31.0 Å². The van der Waals surface area contributed by atoms with Gasteiger partial charge in [0.1, 0.15) is 0 Å². The average molecular weight is 220 g/mol. The Kier molecular flexibility index (Phi) is 3.53. The van der Waals surface area contributed by atoms with Crippen LogP contribution in [0, 0.1) is 11.8 Å². The Morgan fingerprint density at radius 1 is 1.50 bits per heavy atom. The fourth-order valence-corrected chi connectivity index (χ4v) is 3.80. The number of sulfone groups is 1. The van der Waals surface area contributed by atoms with Crippen molar-refractivity contribution in [1.82, 2.24) is 0 Å². The van der Waals surface area contributed by atoms with Crippen molar-refractivity contribution in [2.75, 3.05) is 11.5 Å². The Morgan fingerprint density at radius 2 is 2.14 bits per heavy atom. The van der Waals surface area contributed by atoms with Crippen LogP contribution in [0.1, 0.15) is 26.2 Å². The van der Waals surface area contributed by atoms with Gasteiger partial charge in [-0.3, -0.25) is 4.79 Å². The molecule has 82 valence electrons. The lowest BCUT2D eigenvalue weighted by atomic mass is 9.87. The standard InChI is InChI=1S/C9H16O4S/c1-2-3-7-4-5-14(12,13)6-8(7)9(10)11/h7-8H,2-6H2,1H3,(H,10,11). The van der Waals surface area contributed by atoms with Crippen LogP contribution >= 0.6 is 0 Å². The minimum atomic E-state index is -3.11. The molecule has 0 spiro atoms. The van der Waals surface area contributed by atoms with E-state index in [4.69, 9.17) is 5.11 Å². The van der Waals surface area contributed by atoms with E-state index in [1.54, 1.807) is 0 Å². The molecule has 2 atom stereocenters. The van der Waals surface area contributed by atoms with E-state index < -0.39 is 21.7 Å². The molecule has 0 amide bonds. The molecule has 1 aliphatic heterocycles. The highest BCUT2D eigenvalue weighted by Crippen LogP contribution is 2.29. The molecule has 14 heavy (non-hydrogen) atoms. The van der Waals surface area contributed by atoms with Crippen molar-refractivity contribution in [3.63, 3.8) is 0 Å². The number of hydrogen-bond acceptors (Lipinski definition) is 3. The second-order valence-corrected chi connectivity index (χ2v) is 6.13. The summed E-state index contributed by atoms with van der Waals surface area (Å²) in [4.78, 5) is 10.9. The topological polar surface area (TPSA) is 71.4 Å². The monoisotopic (exact) mass is 220 g/mol. The van der Waals surface area contributed by atoms with Gasteiger partial charge in [0.2, 0.25) is 0 Å². The predicted octanol–water partition coefficient (Wildman–Crippen LogP) is 0.922. The summed E-state index contributed by atoms with van der Waals surface area (Å²) in [5.41, 5.74) is 0. The first kappa shape index (κ1) is 11.5. The summed E-state index contributed by atoms with van der Waals surface area (Å²) in [6.07, 6.45) is 2.23. The van der Waals surface area contributed by atoms with Gasteiger partial charge in [0.05, 0.1) is 17.4 Å². The molecule has 0 radical (unpaired) electrons. The Labute approximate surface area is 84.2 Å². The van der Waals surface area contributed by atoms with Crippen molar-refractivity contribution >= 4 is 15.8 Å². The Balaban J connectivity index is 2.75. The molecule has 0 aliphatic carbocycles. The smallest absolute Gasteiger partial charge is 0.307 e. The lowest BCUT2D eigenvalue weighted by Gasteiger charge is -2.27. The van der Waals surface area contributed by atoms with E-state index in [9.17, 15) is 13.2 Å². The average Bonchev–Trinajstić information content (AvgIpc) is 2.08. The fourth-order valence-electron chi connectivity index (χ4n) is 2.01. The zero-order chi connectivity index (χ0) is 10.8. The van der Waals surface area contributed by atoms with Crippen molar-refractivity contribution in [2.45, 2.75) is 26.2 Å². The SMILES string of the molecule is CCCC1CCS(=O)(=O)CC1C(=O)O. The van der Waals surface area contributed by atoms with Gasteiger partial charge in [-0.2, -0.15) is 0 Å². The maximum atomic E-state index is 11.3. The Bertz CT molecular complexity index is 307. The van der Waals surface area contributed by atoms with E-state index >= 15 is 0 Å². The van der Waals surface area contributed by atoms with E-state index in [0.717, 1.165) is 12.8 Å². The summed E-state index contributed by atoms with van der Waals surface area (Å²) >= 11 is 0. The summed E-state index contributed by atoms with van der Waals surface area (Å²) in [6, 6.07) is 0. The van der Waals surface area contributed by atoms with Gasteiger partial charge >= 0.3 is 5.97 Å². The third-order valence-electron chi connectivity index (χ3n) is 2.78. The number of aliphatic carboxylic acids is 1. The van der Waals surface area contributed by atoms with Gasteiger partial charge < -0.3 is 5.11 Å². The molecule has 0 bridgehead atoms. The molecular formula is C9H16O4S. The maximum Gasteiger partial charge on any atom is 0.307 e. The van der Waals surface area contributed by atoms with Crippen LogP contribution in [0.3, 0.4) is 0 Å². The van der Waals surface area contributed by atoms with Crippen LogP contribution < -0.4 is 0 Å². The van der Waals surface area contributed by atoms with E-state index in [0.29, 0.717) is 6.42 Å². The molecule has 5 heteroatoms. The van der Waals surface area contributed by atoms with Crippen LogP contribution in [0.2, 0.25) is 0 Å². The highest BCUT2D eigenvalue weighted by molar-refractivity contribution is 7.91. The molecule has 0 aromatic carbocycles. The van der Waals surface area contributed by atoms with Crippen LogP contribution in [-0.2, 0) is 14.6 Å². The Hall–Kier alpha value is -0.580. The lowest BCUT2D eigenvalue weighted by molar-refractivity contribution is -0.143. The number of carboxylic acid groups (broad SMARTS) is 1. The number of rotatable bonds is 3. The van der Waals surface area contributed by atoms with Gasteiger partial charge in [-0.1, -0.05) is 13.3 Å². The summed E-state index contributed by atoms with van der Waals surface area (Å²) in [7, 11) is -3.11. The zero-order valence-electron chi connectivity index (χ0n) is 8.27. The van der Waals surface area contributed by atoms with Gasteiger partial charge in [0.15, 0.2) is 9.84 Å². The first-order chi connectivity index (χ1) is 6.46. The summed E-state index contributed by atoms with van der Waals surface area (Å²) in [5.74, 6) is -1.63. The summed E-state index contributed by atoms with van der Waals surface area (Å²) in [5, 5.41) is 8.90. The first-order valence-corrected chi connectivity index (χ1v) is 6.71. The van der Waals surface area contributed by atoms with Crippen molar-refractivity contribution in [3.05, 3.63) is 0 Å². The summed E-state index contributed by atoms with van der Waals surface area (Å²) < 4.78 is 22.5. The van der Waals surface area contributed by atoms with E-state index in [-0.39, 0.29) is 17.4 Å². The van der Waals surface area contributed by atoms with E-state index in [2.05, 4.69) is 0 Å². The third kappa shape index (κ3) is 2.70. The molecule has 0 aromatic rings. The molecule has 1 saturated heterocycles. The maximum absolute atomic E-state index is 11.3. The summed E-state index contributed by atoms with van der Waals surface area (Å²) in [6.45, 7) is 1.99. The quantitative estimate of drug-likeness (QED) is 0.767. The van der Waals surface area contributed by atoms with Gasteiger partial charge in [-0.05, 0) is 18.8 Å². The molecule has 1 N–H and O–H groups in total. The number of hydrogen-bond donors (Lipinski definition) is 1. The van der Waals surface area contributed by atoms with Crippen LogP contribution in [0.15, 0.2) is 0 Å². The lowest BCUT2D eigenvalue weighted by Crippen LogP contribution is -2.37. The van der Waals surface area contributed by atoms with Crippen LogP contribution in [0.25, 0.3) is 0 Å². The van der Waals surface area contributed by atoms with Crippen molar-refractivity contribution in [1.29, 1.82) is 0 Å². The van der Waals surface area contributed by atoms with Crippen LogP contribution in [0.5, 0.6) is 0 Å². The van der Waals surface area contributed by atoms with Gasteiger partial charge in [-0.15, -0.1) is 0 Å². The van der Waals surface area contributed by atoms with Gasteiger partial charge in [-0.25, -0.2) is 8.42 Å². The highest BCUT2D eigenvalue weighted by atomic mass is 32.2. The normalized spacial score (nSPS) is 31.2. The largest absolute Gasteiger partial charge is 0.481 e. The molecule has 1 rings (SSSR count). The molecule has 1 heterocycles. The molecule has 1 aliphatic rings. The van der Waals surface area contributed by atoms with Gasteiger partial charge in [0.25, 0.3) is 0 Å². The molecule has 4 nitrogen and oxygen atoms in total. The first-order valence-electron chi connectivity index (χ1n) is 4.89. The minimum Gasteiger partial charge on any atom is -0.481 e. The van der Waals surface area contributed by atoms with E-state index in [1.165, 1.54) is 0 Å². The highest BCUT2D eigenvalue weighted by Gasteiger charge is 2.36. The molecule has 0 aromatic heterocycles. The molecule has 2 unspecified atom stereocenters. The zero-order valence-corrected chi connectivity index (χ0v) is 9.09. The molecular weight excluding hydrogens is 204 g/mol. The second-order valence-electron chi connectivity index (χ2n) is 3.90.